The predicted molar refractivity (Wildman–Crippen MR) is 103 cm³/mol. The number of rotatable bonds is 14. The first kappa shape index (κ1) is 21.1. The van der Waals surface area contributed by atoms with Crippen LogP contribution in [-0.2, 0) is 9.47 Å². The van der Waals surface area contributed by atoms with Crippen molar-refractivity contribution in [1.82, 2.24) is 0 Å². The van der Waals surface area contributed by atoms with Gasteiger partial charge in [0.2, 0.25) is 0 Å². The van der Waals surface area contributed by atoms with Gasteiger partial charge in [-0.2, -0.15) is 0 Å². The lowest BCUT2D eigenvalue weighted by atomic mass is 10.1. The molecule has 2 atom stereocenters. The number of methoxy groups -OCH3 is 2. The van der Waals surface area contributed by atoms with Crippen molar-refractivity contribution in [3.8, 4) is 5.75 Å². The van der Waals surface area contributed by atoms with Crippen molar-refractivity contribution in [1.29, 1.82) is 0 Å². The summed E-state index contributed by atoms with van der Waals surface area (Å²) < 4.78 is 16.9. The van der Waals surface area contributed by atoms with Crippen LogP contribution < -0.4 is 4.74 Å². The van der Waals surface area contributed by atoms with Crippen LogP contribution in [0.2, 0.25) is 0 Å². The van der Waals surface area contributed by atoms with Gasteiger partial charge in [-0.1, -0.05) is 56.9 Å². The molecule has 0 aliphatic rings. The number of thioether (sulfide) groups is 1. The fourth-order valence-electron chi connectivity index (χ4n) is 2.50. The van der Waals surface area contributed by atoms with E-state index >= 15 is 0 Å². The standard InChI is InChI=1S/C20H32O3S/c1-5-7-8-9-10-11-19(23-16-6-2)20(22-4)24-18-14-12-17(21-3)13-15-18/h6,12-15,19-20H,2,5,7-11,16H2,1,3-4H3/t19-,20+/m1/s1. The molecule has 4 heteroatoms. The largest absolute Gasteiger partial charge is 0.497 e. The summed E-state index contributed by atoms with van der Waals surface area (Å²) in [5.41, 5.74) is -0.0236. The molecular formula is C20H32O3S. The van der Waals surface area contributed by atoms with Crippen molar-refractivity contribution in [2.75, 3.05) is 20.8 Å². The van der Waals surface area contributed by atoms with E-state index in [-0.39, 0.29) is 11.5 Å². The number of benzene rings is 1. The molecule has 0 saturated carbocycles. The van der Waals surface area contributed by atoms with Crippen LogP contribution in [0.15, 0.2) is 41.8 Å². The minimum Gasteiger partial charge on any atom is -0.497 e. The van der Waals surface area contributed by atoms with Crippen LogP contribution in [0, 0.1) is 0 Å². The molecule has 0 amide bonds. The van der Waals surface area contributed by atoms with Crippen molar-refractivity contribution < 1.29 is 14.2 Å². The molecule has 0 saturated heterocycles. The van der Waals surface area contributed by atoms with E-state index < -0.39 is 0 Å². The molecule has 1 aromatic rings. The molecule has 1 aromatic carbocycles. The number of hydrogen-bond donors (Lipinski definition) is 0. The molecule has 1 rings (SSSR count). The van der Waals surface area contributed by atoms with Gasteiger partial charge in [-0.15, -0.1) is 6.58 Å². The van der Waals surface area contributed by atoms with Crippen LogP contribution in [0.25, 0.3) is 0 Å². The third-order valence-electron chi connectivity index (χ3n) is 3.87. The maximum atomic E-state index is 5.98. The van der Waals surface area contributed by atoms with Gasteiger partial charge in [0.1, 0.15) is 11.2 Å². The summed E-state index contributed by atoms with van der Waals surface area (Å²) in [6.07, 6.45) is 9.19. The Hall–Kier alpha value is -0.970. The van der Waals surface area contributed by atoms with Crippen LogP contribution in [0.5, 0.6) is 5.75 Å². The predicted octanol–water partition coefficient (Wildman–Crippen LogP) is 5.69. The summed E-state index contributed by atoms with van der Waals surface area (Å²) in [5.74, 6) is 0.865. The van der Waals surface area contributed by atoms with E-state index in [0.29, 0.717) is 6.61 Å². The van der Waals surface area contributed by atoms with Gasteiger partial charge in [0.15, 0.2) is 0 Å². The fourth-order valence-corrected chi connectivity index (χ4v) is 3.53. The number of ether oxygens (including phenoxy) is 3. The van der Waals surface area contributed by atoms with Crippen LogP contribution in [0.3, 0.4) is 0 Å². The Labute approximate surface area is 151 Å². The van der Waals surface area contributed by atoms with E-state index in [2.05, 4.69) is 25.6 Å². The van der Waals surface area contributed by atoms with E-state index in [0.717, 1.165) is 17.1 Å². The van der Waals surface area contributed by atoms with Crippen LogP contribution in [0.1, 0.15) is 45.4 Å². The van der Waals surface area contributed by atoms with Gasteiger partial charge in [-0.3, -0.25) is 0 Å². The van der Waals surface area contributed by atoms with E-state index in [4.69, 9.17) is 14.2 Å². The Kier molecular flexibility index (Phi) is 11.7. The van der Waals surface area contributed by atoms with E-state index in [9.17, 15) is 0 Å². The summed E-state index contributed by atoms with van der Waals surface area (Å²) in [6.45, 7) is 6.55. The third-order valence-corrected chi connectivity index (χ3v) is 5.14. The van der Waals surface area contributed by atoms with Crippen LogP contribution in [-0.4, -0.2) is 32.4 Å². The monoisotopic (exact) mass is 352 g/mol. The second-order valence-electron chi connectivity index (χ2n) is 5.76. The molecular weight excluding hydrogens is 320 g/mol. The molecule has 0 heterocycles. The average molecular weight is 353 g/mol. The van der Waals surface area contributed by atoms with Gasteiger partial charge in [0, 0.05) is 12.0 Å². The second-order valence-corrected chi connectivity index (χ2v) is 6.93. The fraction of sp³-hybridized carbons (Fsp3) is 0.600. The molecule has 0 aromatic heterocycles. The number of hydrogen-bond acceptors (Lipinski definition) is 4. The molecule has 0 unspecified atom stereocenters. The Morgan fingerprint density at radius 1 is 1.08 bits per heavy atom. The summed E-state index contributed by atoms with van der Waals surface area (Å²) in [4.78, 5) is 1.15. The van der Waals surface area contributed by atoms with Gasteiger partial charge in [-0.25, -0.2) is 0 Å². The maximum absolute atomic E-state index is 5.98. The zero-order chi connectivity index (χ0) is 17.6. The van der Waals surface area contributed by atoms with Gasteiger partial charge in [-0.05, 0) is 30.7 Å². The molecule has 0 aliphatic carbocycles. The minimum atomic E-state index is -0.0236. The smallest absolute Gasteiger partial charge is 0.133 e. The van der Waals surface area contributed by atoms with Crippen molar-refractivity contribution in [2.24, 2.45) is 0 Å². The Bertz CT molecular complexity index is 433. The SMILES string of the molecule is C=CCO[C@H](CCCCCCC)[C@@H](OC)Sc1ccc(OC)cc1. The molecule has 0 N–H and O–H groups in total. The second kappa shape index (κ2) is 13.3. The molecule has 0 spiro atoms. The molecule has 0 bridgehead atoms. The average Bonchev–Trinajstić information content (AvgIpc) is 2.63. The Balaban J connectivity index is 2.59. The maximum Gasteiger partial charge on any atom is 0.133 e. The summed E-state index contributed by atoms with van der Waals surface area (Å²) in [5, 5.41) is 0. The summed E-state index contributed by atoms with van der Waals surface area (Å²) in [6, 6.07) is 8.06. The lowest BCUT2D eigenvalue weighted by Crippen LogP contribution is -2.28. The lowest BCUT2D eigenvalue weighted by molar-refractivity contribution is -0.0114. The normalized spacial score (nSPS) is 13.5. The molecule has 0 fully saturated rings. The van der Waals surface area contributed by atoms with Gasteiger partial charge in [0.25, 0.3) is 0 Å². The first-order valence-corrected chi connectivity index (χ1v) is 9.69. The van der Waals surface area contributed by atoms with Gasteiger partial charge >= 0.3 is 0 Å². The zero-order valence-corrected chi connectivity index (χ0v) is 16.1. The summed E-state index contributed by atoms with van der Waals surface area (Å²) >= 11 is 1.70. The van der Waals surface area contributed by atoms with Crippen molar-refractivity contribution in [2.45, 2.75) is 61.9 Å². The quantitative estimate of drug-likeness (QED) is 0.186. The van der Waals surface area contributed by atoms with E-state index in [1.807, 2.05) is 12.1 Å². The Morgan fingerprint density at radius 3 is 2.38 bits per heavy atom. The highest BCUT2D eigenvalue weighted by molar-refractivity contribution is 7.99. The minimum absolute atomic E-state index is 0.0236. The lowest BCUT2D eigenvalue weighted by Gasteiger charge is -2.25. The van der Waals surface area contributed by atoms with Crippen molar-refractivity contribution in [3.63, 3.8) is 0 Å². The van der Waals surface area contributed by atoms with E-state index in [1.165, 1.54) is 32.1 Å². The highest BCUT2D eigenvalue weighted by Gasteiger charge is 2.22. The van der Waals surface area contributed by atoms with Crippen LogP contribution in [0.4, 0.5) is 0 Å². The Morgan fingerprint density at radius 2 is 1.79 bits per heavy atom. The first-order valence-electron chi connectivity index (χ1n) is 8.81. The highest BCUT2D eigenvalue weighted by Crippen LogP contribution is 2.30. The van der Waals surface area contributed by atoms with Crippen molar-refractivity contribution >= 4 is 11.8 Å². The van der Waals surface area contributed by atoms with Crippen LogP contribution >= 0.6 is 11.8 Å². The molecule has 3 nitrogen and oxygen atoms in total. The van der Waals surface area contributed by atoms with Gasteiger partial charge < -0.3 is 14.2 Å². The molecule has 136 valence electrons. The topological polar surface area (TPSA) is 27.7 Å². The van der Waals surface area contributed by atoms with Gasteiger partial charge in [0.05, 0.1) is 19.8 Å². The molecule has 0 aliphatic heterocycles. The van der Waals surface area contributed by atoms with Crippen molar-refractivity contribution in [3.05, 3.63) is 36.9 Å². The highest BCUT2D eigenvalue weighted by atomic mass is 32.2. The van der Waals surface area contributed by atoms with E-state index in [1.54, 1.807) is 32.1 Å². The first-order chi connectivity index (χ1) is 11.7. The molecule has 0 radical (unpaired) electrons. The summed E-state index contributed by atoms with van der Waals surface area (Å²) in [7, 11) is 3.43. The molecule has 24 heavy (non-hydrogen) atoms. The third kappa shape index (κ3) is 8.22. The number of unbranched alkanes of at least 4 members (excludes halogenated alkanes) is 4. The zero-order valence-electron chi connectivity index (χ0n) is 15.3.